The van der Waals surface area contributed by atoms with Crippen molar-refractivity contribution >= 4 is 5.91 Å². The van der Waals surface area contributed by atoms with Gasteiger partial charge in [0.05, 0.1) is 0 Å². The number of hydrogen-bond donors (Lipinski definition) is 0. The molecule has 17 heavy (non-hydrogen) atoms. The zero-order valence-electron chi connectivity index (χ0n) is 10.6. The van der Waals surface area contributed by atoms with Gasteiger partial charge in [0.2, 0.25) is 0 Å². The molecule has 0 aliphatic carbocycles. The Labute approximate surface area is 102 Å². The van der Waals surface area contributed by atoms with E-state index in [0.29, 0.717) is 17.5 Å². The van der Waals surface area contributed by atoms with Crippen LogP contribution in [0.4, 0.5) is 0 Å². The van der Waals surface area contributed by atoms with E-state index in [1.807, 2.05) is 11.8 Å². The molecule has 1 saturated heterocycles. The molecule has 94 valence electrons. The number of aryl methyl sites for hydroxylation is 1. The summed E-state index contributed by atoms with van der Waals surface area (Å²) in [5.41, 5.74) is 0.447. The Balaban J connectivity index is 2.15. The summed E-state index contributed by atoms with van der Waals surface area (Å²) in [5.74, 6) is 0.715. The van der Waals surface area contributed by atoms with Gasteiger partial charge in [-0.15, -0.1) is 0 Å². The summed E-state index contributed by atoms with van der Waals surface area (Å²) in [7, 11) is 0. The van der Waals surface area contributed by atoms with Crippen LogP contribution in [0.5, 0.6) is 0 Å². The normalized spacial score (nSPS) is 21.3. The van der Waals surface area contributed by atoms with Gasteiger partial charge in [-0.2, -0.15) is 0 Å². The Kier molecular flexibility index (Phi) is 3.82. The Morgan fingerprint density at radius 1 is 1.53 bits per heavy atom. The number of carbonyl (C=O) groups is 1. The molecule has 1 aromatic rings. The van der Waals surface area contributed by atoms with E-state index in [1.54, 1.807) is 6.07 Å². The number of hydrogen-bond acceptors (Lipinski definition) is 3. The standard InChI is InChI=1S/C13H20N2O2/c1-3-11-7-5-4-6-8-15(11)13(16)12-9-10(2)17-14-12/h9,11H,3-8H2,1-2H3. The number of aromatic nitrogens is 1. The monoisotopic (exact) mass is 236 g/mol. The van der Waals surface area contributed by atoms with Crippen LogP contribution in [0.1, 0.15) is 55.3 Å². The maximum absolute atomic E-state index is 12.3. The summed E-state index contributed by atoms with van der Waals surface area (Å²) >= 11 is 0. The van der Waals surface area contributed by atoms with Gasteiger partial charge in [-0.05, 0) is 26.2 Å². The Hall–Kier alpha value is -1.32. The minimum absolute atomic E-state index is 0.0237. The lowest BCUT2D eigenvalue weighted by Crippen LogP contribution is -2.39. The van der Waals surface area contributed by atoms with Crippen molar-refractivity contribution in [1.82, 2.24) is 10.1 Å². The second-order valence-electron chi connectivity index (χ2n) is 4.73. The quantitative estimate of drug-likeness (QED) is 0.793. The van der Waals surface area contributed by atoms with Crippen LogP contribution in [0.25, 0.3) is 0 Å². The third-order valence-corrected chi connectivity index (χ3v) is 3.46. The van der Waals surface area contributed by atoms with E-state index in [1.165, 1.54) is 12.8 Å². The van der Waals surface area contributed by atoms with Gasteiger partial charge in [0.15, 0.2) is 5.69 Å². The second kappa shape index (κ2) is 5.34. The summed E-state index contributed by atoms with van der Waals surface area (Å²) in [5, 5.41) is 3.82. The number of carbonyl (C=O) groups excluding carboxylic acids is 1. The molecule has 0 radical (unpaired) electrons. The first-order valence-corrected chi connectivity index (χ1v) is 6.46. The Bertz CT molecular complexity index is 387. The lowest BCUT2D eigenvalue weighted by atomic mass is 10.1. The fourth-order valence-electron chi connectivity index (χ4n) is 2.48. The summed E-state index contributed by atoms with van der Waals surface area (Å²) < 4.78 is 4.98. The van der Waals surface area contributed by atoms with Crippen molar-refractivity contribution < 1.29 is 9.32 Å². The van der Waals surface area contributed by atoms with Gasteiger partial charge in [-0.3, -0.25) is 4.79 Å². The van der Waals surface area contributed by atoms with E-state index >= 15 is 0 Å². The maximum atomic E-state index is 12.3. The molecule has 4 nitrogen and oxygen atoms in total. The van der Waals surface area contributed by atoms with Gasteiger partial charge in [-0.25, -0.2) is 0 Å². The number of nitrogens with zero attached hydrogens (tertiary/aromatic N) is 2. The number of amides is 1. The molecule has 1 amide bonds. The van der Waals surface area contributed by atoms with E-state index in [2.05, 4.69) is 12.1 Å². The molecule has 1 aliphatic rings. The minimum atomic E-state index is 0.0237. The lowest BCUT2D eigenvalue weighted by Gasteiger charge is -2.28. The first kappa shape index (κ1) is 12.1. The average Bonchev–Trinajstić information content (AvgIpc) is 2.64. The molecule has 0 bridgehead atoms. The van der Waals surface area contributed by atoms with Gasteiger partial charge >= 0.3 is 0 Å². The predicted octanol–water partition coefficient (Wildman–Crippen LogP) is 2.78. The van der Waals surface area contributed by atoms with Crippen molar-refractivity contribution in [2.75, 3.05) is 6.54 Å². The van der Waals surface area contributed by atoms with E-state index < -0.39 is 0 Å². The van der Waals surface area contributed by atoms with Crippen LogP contribution in [-0.2, 0) is 0 Å². The van der Waals surface area contributed by atoms with Crippen LogP contribution in [-0.4, -0.2) is 28.6 Å². The highest BCUT2D eigenvalue weighted by atomic mass is 16.5. The van der Waals surface area contributed by atoms with Crippen molar-refractivity contribution in [2.45, 2.75) is 52.0 Å². The van der Waals surface area contributed by atoms with Crippen LogP contribution >= 0.6 is 0 Å². The zero-order chi connectivity index (χ0) is 12.3. The fourth-order valence-corrected chi connectivity index (χ4v) is 2.48. The fraction of sp³-hybridized carbons (Fsp3) is 0.692. The minimum Gasteiger partial charge on any atom is -0.361 e. The molecule has 0 aromatic carbocycles. The largest absolute Gasteiger partial charge is 0.361 e. The van der Waals surface area contributed by atoms with Gasteiger partial charge in [-0.1, -0.05) is 24.9 Å². The van der Waals surface area contributed by atoms with Crippen LogP contribution in [0.15, 0.2) is 10.6 Å². The highest BCUT2D eigenvalue weighted by Crippen LogP contribution is 2.21. The summed E-state index contributed by atoms with van der Waals surface area (Å²) in [6, 6.07) is 2.09. The third-order valence-electron chi connectivity index (χ3n) is 3.46. The summed E-state index contributed by atoms with van der Waals surface area (Å²) in [6.45, 7) is 4.80. The van der Waals surface area contributed by atoms with E-state index in [9.17, 15) is 4.79 Å². The van der Waals surface area contributed by atoms with Crippen LogP contribution < -0.4 is 0 Å². The Morgan fingerprint density at radius 3 is 3.00 bits per heavy atom. The van der Waals surface area contributed by atoms with Gasteiger partial charge in [0.1, 0.15) is 5.76 Å². The molecule has 1 aromatic heterocycles. The van der Waals surface area contributed by atoms with Crippen molar-refractivity contribution in [3.63, 3.8) is 0 Å². The number of likely N-dealkylation sites (tertiary alicyclic amines) is 1. The summed E-state index contributed by atoms with van der Waals surface area (Å²) in [4.78, 5) is 14.3. The lowest BCUT2D eigenvalue weighted by molar-refractivity contribution is 0.0667. The molecule has 2 heterocycles. The van der Waals surface area contributed by atoms with E-state index in [-0.39, 0.29) is 5.91 Å². The molecule has 2 rings (SSSR count). The van der Waals surface area contributed by atoms with Crippen molar-refractivity contribution in [2.24, 2.45) is 0 Å². The molecule has 0 N–H and O–H groups in total. The zero-order valence-corrected chi connectivity index (χ0v) is 10.6. The van der Waals surface area contributed by atoms with Crippen LogP contribution in [0.2, 0.25) is 0 Å². The SMILES string of the molecule is CCC1CCCCCN1C(=O)c1cc(C)on1. The van der Waals surface area contributed by atoms with Crippen LogP contribution in [0, 0.1) is 6.92 Å². The molecule has 1 unspecified atom stereocenters. The topological polar surface area (TPSA) is 46.3 Å². The first-order valence-electron chi connectivity index (χ1n) is 6.46. The van der Waals surface area contributed by atoms with Gasteiger partial charge in [0.25, 0.3) is 5.91 Å². The van der Waals surface area contributed by atoms with Crippen molar-refractivity contribution in [1.29, 1.82) is 0 Å². The third kappa shape index (κ3) is 2.68. The Morgan fingerprint density at radius 2 is 2.35 bits per heavy atom. The highest BCUT2D eigenvalue weighted by molar-refractivity contribution is 5.92. The van der Waals surface area contributed by atoms with Gasteiger partial charge in [0, 0.05) is 18.7 Å². The smallest absolute Gasteiger partial charge is 0.276 e. The molecule has 1 atom stereocenters. The molecule has 1 fully saturated rings. The molecule has 0 spiro atoms. The summed E-state index contributed by atoms with van der Waals surface area (Å²) in [6.07, 6.45) is 5.67. The second-order valence-corrected chi connectivity index (χ2v) is 4.73. The van der Waals surface area contributed by atoms with E-state index in [0.717, 1.165) is 25.8 Å². The molecule has 1 aliphatic heterocycles. The van der Waals surface area contributed by atoms with E-state index in [4.69, 9.17) is 4.52 Å². The molecule has 4 heteroatoms. The molecular weight excluding hydrogens is 216 g/mol. The number of rotatable bonds is 2. The highest BCUT2D eigenvalue weighted by Gasteiger charge is 2.26. The molecule has 0 saturated carbocycles. The van der Waals surface area contributed by atoms with Crippen molar-refractivity contribution in [3.05, 3.63) is 17.5 Å². The maximum Gasteiger partial charge on any atom is 0.276 e. The first-order chi connectivity index (χ1) is 8.22. The van der Waals surface area contributed by atoms with Gasteiger partial charge < -0.3 is 9.42 Å². The van der Waals surface area contributed by atoms with Crippen LogP contribution in [0.3, 0.4) is 0 Å². The van der Waals surface area contributed by atoms with Crippen molar-refractivity contribution in [3.8, 4) is 0 Å². The molecular formula is C13H20N2O2. The average molecular weight is 236 g/mol. The predicted molar refractivity (Wildman–Crippen MR) is 64.8 cm³/mol.